The van der Waals surface area contributed by atoms with Crippen molar-refractivity contribution in [3.8, 4) is 17.1 Å². The number of nitrogens with zero attached hydrogens (tertiary/aromatic N) is 2. The van der Waals surface area contributed by atoms with Crippen LogP contribution < -0.4 is 10.1 Å². The van der Waals surface area contributed by atoms with Crippen molar-refractivity contribution >= 4 is 27.5 Å². The van der Waals surface area contributed by atoms with Gasteiger partial charge in [-0.3, -0.25) is 4.79 Å². The van der Waals surface area contributed by atoms with Crippen molar-refractivity contribution < 1.29 is 14.1 Å². The van der Waals surface area contributed by atoms with E-state index in [1.54, 1.807) is 7.11 Å². The van der Waals surface area contributed by atoms with Gasteiger partial charge in [0.05, 0.1) is 7.11 Å². The Kier molecular flexibility index (Phi) is 6.01. The second-order valence-corrected chi connectivity index (χ2v) is 6.57. The number of hydrogen-bond acceptors (Lipinski definition) is 5. The van der Waals surface area contributed by atoms with E-state index in [-0.39, 0.29) is 5.91 Å². The monoisotopic (exact) mass is 415 g/mol. The minimum Gasteiger partial charge on any atom is -0.497 e. The molecule has 0 spiro atoms. The maximum atomic E-state index is 12.0. The lowest BCUT2D eigenvalue weighted by Crippen LogP contribution is -2.11. The number of hydrogen-bond donors (Lipinski definition) is 1. The van der Waals surface area contributed by atoms with Crippen molar-refractivity contribution in [3.63, 3.8) is 0 Å². The zero-order chi connectivity index (χ0) is 18.4. The number of aromatic nitrogens is 2. The van der Waals surface area contributed by atoms with Gasteiger partial charge in [0.15, 0.2) is 0 Å². The average Bonchev–Trinajstić information content (AvgIpc) is 3.11. The van der Waals surface area contributed by atoms with Crippen LogP contribution in [0.2, 0.25) is 0 Å². The van der Waals surface area contributed by atoms with E-state index in [2.05, 4.69) is 31.4 Å². The summed E-state index contributed by atoms with van der Waals surface area (Å²) < 4.78 is 11.3. The van der Waals surface area contributed by atoms with Gasteiger partial charge in [-0.05, 0) is 48.9 Å². The Labute approximate surface area is 159 Å². The summed E-state index contributed by atoms with van der Waals surface area (Å²) in [4.78, 5) is 16.4. The number of nitrogens with one attached hydrogen (secondary N) is 1. The number of ether oxygens (including phenoxy) is 1. The third-order valence-electron chi connectivity index (χ3n) is 3.72. The van der Waals surface area contributed by atoms with Gasteiger partial charge in [-0.2, -0.15) is 4.98 Å². The maximum absolute atomic E-state index is 12.0. The number of carbonyl (C=O) groups is 1. The minimum absolute atomic E-state index is 0.0435. The van der Waals surface area contributed by atoms with E-state index < -0.39 is 0 Å². The Bertz CT molecular complexity index is 878. The molecule has 134 valence electrons. The van der Waals surface area contributed by atoms with E-state index >= 15 is 0 Å². The van der Waals surface area contributed by atoms with Gasteiger partial charge in [-0.1, -0.05) is 27.2 Å². The summed E-state index contributed by atoms with van der Waals surface area (Å²) >= 11 is 3.38. The highest BCUT2D eigenvalue weighted by Gasteiger charge is 2.10. The van der Waals surface area contributed by atoms with Crippen LogP contribution in [0.25, 0.3) is 11.4 Å². The first-order valence-electron chi connectivity index (χ1n) is 8.16. The fourth-order valence-corrected chi connectivity index (χ4v) is 2.80. The number of halogens is 1. The number of amides is 1. The topological polar surface area (TPSA) is 77.2 Å². The van der Waals surface area contributed by atoms with Crippen molar-refractivity contribution in [1.82, 2.24) is 10.1 Å². The number of aryl methyl sites for hydroxylation is 1. The third kappa shape index (κ3) is 4.92. The van der Waals surface area contributed by atoms with Crippen LogP contribution in [0.1, 0.15) is 18.7 Å². The SMILES string of the molecule is COc1ccc(-c2noc(CCCC(=O)Nc3cccc(Br)c3)n2)cc1. The fourth-order valence-electron chi connectivity index (χ4n) is 2.40. The Morgan fingerprint density at radius 3 is 2.77 bits per heavy atom. The van der Waals surface area contributed by atoms with Gasteiger partial charge in [0.2, 0.25) is 17.6 Å². The summed E-state index contributed by atoms with van der Waals surface area (Å²) in [5.74, 6) is 1.78. The molecule has 0 atom stereocenters. The molecule has 0 bridgehead atoms. The maximum Gasteiger partial charge on any atom is 0.226 e. The number of rotatable bonds is 7. The zero-order valence-electron chi connectivity index (χ0n) is 14.2. The summed E-state index contributed by atoms with van der Waals surface area (Å²) in [5, 5.41) is 6.85. The van der Waals surface area contributed by atoms with Crippen molar-refractivity contribution in [3.05, 3.63) is 58.9 Å². The number of anilines is 1. The molecule has 0 aliphatic rings. The summed E-state index contributed by atoms with van der Waals surface area (Å²) in [6.45, 7) is 0. The molecule has 3 rings (SSSR count). The number of methoxy groups -OCH3 is 1. The van der Waals surface area contributed by atoms with Crippen LogP contribution in [0.3, 0.4) is 0 Å². The first kappa shape index (κ1) is 18.1. The van der Waals surface area contributed by atoms with Gasteiger partial charge in [0.25, 0.3) is 0 Å². The van der Waals surface area contributed by atoms with E-state index in [0.717, 1.165) is 21.5 Å². The van der Waals surface area contributed by atoms with E-state index in [1.165, 1.54) is 0 Å². The molecule has 0 aliphatic carbocycles. The quantitative estimate of drug-likeness (QED) is 0.615. The van der Waals surface area contributed by atoms with Gasteiger partial charge in [-0.15, -0.1) is 0 Å². The second kappa shape index (κ2) is 8.62. The predicted octanol–water partition coefficient (Wildman–Crippen LogP) is 4.47. The van der Waals surface area contributed by atoms with Crippen LogP contribution in [-0.2, 0) is 11.2 Å². The van der Waals surface area contributed by atoms with E-state index in [4.69, 9.17) is 9.26 Å². The largest absolute Gasteiger partial charge is 0.497 e. The Balaban J connectivity index is 1.49. The zero-order valence-corrected chi connectivity index (χ0v) is 15.8. The highest BCUT2D eigenvalue weighted by molar-refractivity contribution is 9.10. The molecule has 1 amide bonds. The standard InChI is InChI=1S/C19H18BrN3O3/c1-25-16-10-8-13(9-11-16)19-22-18(26-23-19)7-3-6-17(24)21-15-5-2-4-14(20)12-15/h2,4-5,8-12H,3,6-7H2,1H3,(H,21,24). The molecule has 0 saturated heterocycles. The van der Waals surface area contributed by atoms with Crippen LogP contribution in [0.4, 0.5) is 5.69 Å². The molecule has 0 fully saturated rings. The molecule has 2 aromatic carbocycles. The van der Waals surface area contributed by atoms with E-state index in [9.17, 15) is 4.79 Å². The molecule has 6 nitrogen and oxygen atoms in total. The van der Waals surface area contributed by atoms with Gasteiger partial charge in [-0.25, -0.2) is 0 Å². The summed E-state index contributed by atoms with van der Waals surface area (Å²) in [6, 6.07) is 14.9. The second-order valence-electron chi connectivity index (χ2n) is 5.65. The lowest BCUT2D eigenvalue weighted by atomic mass is 10.2. The summed E-state index contributed by atoms with van der Waals surface area (Å²) in [6.07, 6.45) is 1.56. The third-order valence-corrected chi connectivity index (χ3v) is 4.21. The van der Waals surface area contributed by atoms with Crippen molar-refractivity contribution in [1.29, 1.82) is 0 Å². The molecule has 3 aromatic rings. The van der Waals surface area contributed by atoms with Crippen LogP contribution >= 0.6 is 15.9 Å². The predicted molar refractivity (Wildman–Crippen MR) is 102 cm³/mol. The normalized spacial score (nSPS) is 10.5. The highest BCUT2D eigenvalue weighted by Crippen LogP contribution is 2.20. The minimum atomic E-state index is -0.0435. The molecule has 7 heteroatoms. The molecule has 0 unspecified atom stereocenters. The van der Waals surface area contributed by atoms with E-state index in [1.807, 2.05) is 48.5 Å². The Morgan fingerprint density at radius 2 is 2.04 bits per heavy atom. The fraction of sp³-hybridized carbons (Fsp3) is 0.211. The van der Waals surface area contributed by atoms with Gasteiger partial charge >= 0.3 is 0 Å². The van der Waals surface area contributed by atoms with Crippen LogP contribution in [-0.4, -0.2) is 23.2 Å². The molecule has 0 saturated carbocycles. The van der Waals surface area contributed by atoms with Crippen molar-refractivity contribution in [2.45, 2.75) is 19.3 Å². The molecule has 1 heterocycles. The molecule has 0 aliphatic heterocycles. The first-order chi connectivity index (χ1) is 12.6. The van der Waals surface area contributed by atoms with Crippen molar-refractivity contribution in [2.24, 2.45) is 0 Å². The molecular formula is C19H18BrN3O3. The molecule has 26 heavy (non-hydrogen) atoms. The molecular weight excluding hydrogens is 398 g/mol. The van der Waals surface area contributed by atoms with Gasteiger partial charge in [0.1, 0.15) is 5.75 Å². The molecule has 0 radical (unpaired) electrons. The number of benzene rings is 2. The number of carbonyl (C=O) groups excluding carboxylic acids is 1. The lowest BCUT2D eigenvalue weighted by Gasteiger charge is -2.04. The van der Waals surface area contributed by atoms with Gasteiger partial charge in [0, 0.05) is 28.6 Å². The molecule has 1 N–H and O–H groups in total. The van der Waals surface area contributed by atoms with Crippen molar-refractivity contribution in [2.75, 3.05) is 12.4 Å². The lowest BCUT2D eigenvalue weighted by molar-refractivity contribution is -0.116. The average molecular weight is 416 g/mol. The first-order valence-corrected chi connectivity index (χ1v) is 8.96. The summed E-state index contributed by atoms with van der Waals surface area (Å²) in [7, 11) is 1.62. The van der Waals surface area contributed by atoms with Gasteiger partial charge < -0.3 is 14.6 Å². The summed E-state index contributed by atoms with van der Waals surface area (Å²) in [5.41, 5.74) is 1.62. The van der Waals surface area contributed by atoms with E-state index in [0.29, 0.717) is 31.0 Å². The Morgan fingerprint density at radius 1 is 1.23 bits per heavy atom. The Hall–Kier alpha value is -2.67. The molecule has 1 aromatic heterocycles. The van der Waals surface area contributed by atoms with Crippen LogP contribution in [0.15, 0.2) is 57.5 Å². The smallest absolute Gasteiger partial charge is 0.226 e. The van der Waals surface area contributed by atoms with Crippen LogP contribution in [0.5, 0.6) is 5.75 Å². The van der Waals surface area contributed by atoms with Crippen LogP contribution in [0, 0.1) is 0 Å². The highest BCUT2D eigenvalue weighted by atomic mass is 79.9.